The molecule has 1 aromatic carbocycles. The van der Waals surface area contributed by atoms with E-state index in [-0.39, 0.29) is 17.4 Å². The van der Waals surface area contributed by atoms with Gasteiger partial charge in [0.25, 0.3) is 5.91 Å². The van der Waals surface area contributed by atoms with Crippen LogP contribution >= 0.6 is 0 Å². The zero-order valence-corrected chi connectivity index (χ0v) is 13.9. The fourth-order valence-corrected chi connectivity index (χ4v) is 2.46. The van der Waals surface area contributed by atoms with Crippen LogP contribution in [0, 0.1) is 11.8 Å². The fourth-order valence-electron chi connectivity index (χ4n) is 2.46. The van der Waals surface area contributed by atoms with Crippen molar-refractivity contribution >= 4 is 5.91 Å². The number of carbonyl (C=O) groups excluding carboxylic acids is 1. The Kier molecular flexibility index (Phi) is 5.38. The standard InChI is InChI=1S/C18H29NO/c1-12(2)16(13(3)4)19-17(20)14-8-10-15(11-9-14)18(5,6)7/h8-13,16H,1-7H3,(H,19,20). The van der Waals surface area contributed by atoms with Crippen molar-refractivity contribution in [2.75, 3.05) is 0 Å². The lowest BCUT2D eigenvalue weighted by atomic mass is 9.86. The lowest BCUT2D eigenvalue weighted by Crippen LogP contribution is -2.42. The first-order valence-corrected chi connectivity index (χ1v) is 7.54. The average Bonchev–Trinajstić information content (AvgIpc) is 2.34. The van der Waals surface area contributed by atoms with E-state index < -0.39 is 0 Å². The summed E-state index contributed by atoms with van der Waals surface area (Å²) in [6.45, 7) is 15.1. The average molecular weight is 275 g/mol. The molecule has 1 rings (SSSR count). The molecule has 0 spiro atoms. The molecule has 0 aliphatic rings. The van der Waals surface area contributed by atoms with Crippen LogP contribution in [0.4, 0.5) is 0 Å². The SMILES string of the molecule is CC(C)C(NC(=O)c1ccc(C(C)(C)C)cc1)C(C)C. The Morgan fingerprint density at radius 3 is 1.75 bits per heavy atom. The Morgan fingerprint density at radius 2 is 1.40 bits per heavy atom. The van der Waals surface area contributed by atoms with E-state index in [2.05, 4.69) is 65.9 Å². The first-order valence-electron chi connectivity index (χ1n) is 7.54. The van der Waals surface area contributed by atoms with Crippen LogP contribution in [0.2, 0.25) is 0 Å². The summed E-state index contributed by atoms with van der Waals surface area (Å²) < 4.78 is 0. The normalized spacial score (nSPS) is 12.3. The van der Waals surface area contributed by atoms with E-state index in [1.165, 1.54) is 5.56 Å². The van der Waals surface area contributed by atoms with Crippen LogP contribution in [0.25, 0.3) is 0 Å². The molecule has 0 aliphatic carbocycles. The summed E-state index contributed by atoms with van der Waals surface area (Å²) in [6.07, 6.45) is 0. The summed E-state index contributed by atoms with van der Waals surface area (Å²) in [7, 11) is 0. The molecule has 112 valence electrons. The van der Waals surface area contributed by atoms with Crippen LogP contribution in [-0.2, 0) is 5.41 Å². The summed E-state index contributed by atoms with van der Waals surface area (Å²) in [5.41, 5.74) is 2.11. The van der Waals surface area contributed by atoms with E-state index in [0.717, 1.165) is 5.56 Å². The predicted octanol–water partition coefficient (Wildman–Crippen LogP) is 4.39. The first-order chi connectivity index (χ1) is 9.12. The Labute approximate surface area is 124 Å². The van der Waals surface area contributed by atoms with Gasteiger partial charge in [-0.15, -0.1) is 0 Å². The maximum Gasteiger partial charge on any atom is 0.251 e. The van der Waals surface area contributed by atoms with Gasteiger partial charge in [0.1, 0.15) is 0 Å². The highest BCUT2D eigenvalue weighted by Crippen LogP contribution is 2.22. The molecule has 0 aromatic heterocycles. The molecule has 20 heavy (non-hydrogen) atoms. The number of rotatable bonds is 4. The predicted molar refractivity (Wildman–Crippen MR) is 86.1 cm³/mol. The van der Waals surface area contributed by atoms with E-state index in [1.807, 2.05) is 12.1 Å². The second kappa shape index (κ2) is 6.43. The summed E-state index contributed by atoms with van der Waals surface area (Å²) >= 11 is 0. The topological polar surface area (TPSA) is 29.1 Å². The molecule has 2 nitrogen and oxygen atoms in total. The molecule has 0 atom stereocenters. The minimum Gasteiger partial charge on any atom is -0.349 e. The Balaban J connectivity index is 2.83. The second-order valence-electron chi connectivity index (χ2n) is 7.31. The van der Waals surface area contributed by atoms with Crippen LogP contribution in [0.15, 0.2) is 24.3 Å². The second-order valence-corrected chi connectivity index (χ2v) is 7.31. The van der Waals surface area contributed by atoms with E-state index in [1.54, 1.807) is 0 Å². The van der Waals surface area contributed by atoms with Gasteiger partial charge < -0.3 is 5.32 Å². The number of amides is 1. The molecule has 0 saturated carbocycles. The van der Waals surface area contributed by atoms with Crippen molar-refractivity contribution in [2.45, 2.75) is 59.9 Å². The maximum atomic E-state index is 12.3. The quantitative estimate of drug-likeness (QED) is 0.867. The van der Waals surface area contributed by atoms with Gasteiger partial charge in [0.2, 0.25) is 0 Å². The van der Waals surface area contributed by atoms with Crippen molar-refractivity contribution in [3.05, 3.63) is 35.4 Å². The van der Waals surface area contributed by atoms with Crippen LogP contribution < -0.4 is 5.32 Å². The van der Waals surface area contributed by atoms with Gasteiger partial charge in [-0.2, -0.15) is 0 Å². The van der Waals surface area contributed by atoms with Crippen LogP contribution in [0.3, 0.4) is 0 Å². The monoisotopic (exact) mass is 275 g/mol. The molecule has 0 heterocycles. The summed E-state index contributed by atoms with van der Waals surface area (Å²) in [5.74, 6) is 0.901. The first kappa shape index (κ1) is 16.7. The number of hydrogen-bond acceptors (Lipinski definition) is 1. The largest absolute Gasteiger partial charge is 0.349 e. The minimum atomic E-state index is 0.0258. The van der Waals surface area contributed by atoms with Gasteiger partial charge in [0, 0.05) is 11.6 Å². The van der Waals surface area contributed by atoms with Gasteiger partial charge in [-0.25, -0.2) is 0 Å². The lowest BCUT2D eigenvalue weighted by Gasteiger charge is -2.26. The molecular formula is C18H29NO. The highest BCUT2D eigenvalue weighted by atomic mass is 16.1. The maximum absolute atomic E-state index is 12.3. The molecule has 0 saturated heterocycles. The number of carbonyl (C=O) groups is 1. The third kappa shape index (κ3) is 4.36. The molecule has 0 fully saturated rings. The van der Waals surface area contributed by atoms with E-state index in [4.69, 9.17) is 0 Å². The summed E-state index contributed by atoms with van der Waals surface area (Å²) in [5, 5.41) is 3.15. The van der Waals surface area contributed by atoms with Crippen molar-refractivity contribution in [3.63, 3.8) is 0 Å². The molecule has 0 unspecified atom stereocenters. The molecule has 0 bridgehead atoms. The van der Waals surface area contributed by atoms with Crippen LogP contribution in [0.5, 0.6) is 0 Å². The molecule has 0 aliphatic heterocycles. The van der Waals surface area contributed by atoms with Crippen LogP contribution in [-0.4, -0.2) is 11.9 Å². The molecule has 0 radical (unpaired) electrons. The molecule has 1 amide bonds. The Hall–Kier alpha value is -1.31. The van der Waals surface area contributed by atoms with Gasteiger partial charge in [0.15, 0.2) is 0 Å². The van der Waals surface area contributed by atoms with Crippen molar-refractivity contribution in [1.82, 2.24) is 5.32 Å². The van der Waals surface area contributed by atoms with Gasteiger partial charge >= 0.3 is 0 Å². The van der Waals surface area contributed by atoms with Crippen molar-refractivity contribution < 1.29 is 4.79 Å². The molecule has 1 aromatic rings. The van der Waals surface area contributed by atoms with Crippen molar-refractivity contribution in [1.29, 1.82) is 0 Å². The smallest absolute Gasteiger partial charge is 0.251 e. The van der Waals surface area contributed by atoms with Crippen LogP contribution in [0.1, 0.15) is 64.4 Å². The van der Waals surface area contributed by atoms with E-state index in [0.29, 0.717) is 11.8 Å². The zero-order valence-electron chi connectivity index (χ0n) is 13.9. The zero-order chi connectivity index (χ0) is 15.5. The number of hydrogen-bond donors (Lipinski definition) is 1. The number of nitrogens with one attached hydrogen (secondary N) is 1. The van der Waals surface area contributed by atoms with Gasteiger partial charge in [0.05, 0.1) is 0 Å². The van der Waals surface area contributed by atoms with Gasteiger partial charge in [-0.1, -0.05) is 60.6 Å². The molecular weight excluding hydrogens is 246 g/mol. The summed E-state index contributed by atoms with van der Waals surface area (Å²) in [6, 6.07) is 8.16. The molecule has 1 N–H and O–H groups in total. The van der Waals surface area contributed by atoms with E-state index >= 15 is 0 Å². The highest BCUT2D eigenvalue weighted by Gasteiger charge is 2.20. The minimum absolute atomic E-state index is 0.0258. The Bertz CT molecular complexity index is 429. The third-order valence-corrected chi connectivity index (χ3v) is 3.75. The van der Waals surface area contributed by atoms with Gasteiger partial charge in [-0.3, -0.25) is 4.79 Å². The highest BCUT2D eigenvalue weighted by molar-refractivity contribution is 5.94. The van der Waals surface area contributed by atoms with E-state index in [9.17, 15) is 4.79 Å². The molecule has 2 heteroatoms. The Morgan fingerprint density at radius 1 is 0.950 bits per heavy atom. The summed E-state index contributed by atoms with van der Waals surface area (Å²) in [4.78, 5) is 12.3. The number of benzene rings is 1. The fraction of sp³-hybridized carbons (Fsp3) is 0.611. The third-order valence-electron chi connectivity index (χ3n) is 3.75. The van der Waals surface area contributed by atoms with Crippen molar-refractivity contribution in [2.24, 2.45) is 11.8 Å². The lowest BCUT2D eigenvalue weighted by molar-refractivity contribution is 0.0910. The van der Waals surface area contributed by atoms with Crippen molar-refractivity contribution in [3.8, 4) is 0 Å². The van der Waals surface area contributed by atoms with Gasteiger partial charge in [-0.05, 0) is 34.9 Å².